The Kier molecular flexibility index (Phi) is 5.64. The highest BCUT2D eigenvalue weighted by atomic mass is 19.1. The Bertz CT molecular complexity index is 646. The van der Waals surface area contributed by atoms with Gasteiger partial charge in [-0.2, -0.15) is 0 Å². The first-order valence-corrected chi connectivity index (χ1v) is 7.27. The zero-order valence-corrected chi connectivity index (χ0v) is 12.6. The smallest absolute Gasteiger partial charge is 0.323 e. The number of pyridine rings is 1. The van der Waals surface area contributed by atoms with Crippen molar-refractivity contribution < 1.29 is 28.6 Å². The van der Waals surface area contributed by atoms with Gasteiger partial charge in [-0.05, 0) is 25.7 Å². The molecule has 1 fully saturated rings. The average Bonchev–Trinajstić information content (AvgIpc) is 2.57. The molecule has 1 aliphatic carbocycles. The summed E-state index contributed by atoms with van der Waals surface area (Å²) in [5.74, 6) is 0.399. The van der Waals surface area contributed by atoms with Crippen LogP contribution in [0.2, 0.25) is 0 Å². The van der Waals surface area contributed by atoms with E-state index in [9.17, 15) is 18.8 Å². The fraction of sp³-hybridized carbons (Fsp3) is 0.429. The molecule has 1 saturated carbocycles. The number of nitrogens with zero attached hydrogens (tertiary/aromatic N) is 1. The maximum atomic E-state index is 14.0. The van der Waals surface area contributed by atoms with Crippen molar-refractivity contribution in [1.29, 1.82) is 0 Å². The molecule has 0 unspecified atom stereocenters. The van der Waals surface area contributed by atoms with Gasteiger partial charge in [0.15, 0.2) is 5.82 Å². The Morgan fingerprint density at radius 2 is 1.92 bits per heavy atom. The van der Waals surface area contributed by atoms with Gasteiger partial charge in [-0.25, -0.2) is 15.2 Å². The number of hydrazine groups is 1. The third-order valence-corrected chi connectivity index (χ3v) is 3.70. The lowest BCUT2D eigenvalue weighted by molar-refractivity contribution is -0.143. The van der Waals surface area contributed by atoms with E-state index in [1.807, 2.05) is 0 Å². The van der Waals surface area contributed by atoms with Gasteiger partial charge in [0.2, 0.25) is 0 Å². The molecule has 2 amide bonds. The number of halogens is 1. The first-order valence-electron chi connectivity index (χ1n) is 7.27. The highest BCUT2D eigenvalue weighted by Gasteiger charge is 2.27. The summed E-state index contributed by atoms with van der Waals surface area (Å²) in [5, 5.41) is 11.1. The highest BCUT2D eigenvalue weighted by Crippen LogP contribution is 2.28. The molecule has 24 heavy (non-hydrogen) atoms. The van der Waals surface area contributed by atoms with E-state index < -0.39 is 29.5 Å². The van der Waals surface area contributed by atoms with Crippen LogP contribution in [0.15, 0.2) is 12.3 Å². The number of nitrogens with two attached hydrogens (primary N) is 1. The van der Waals surface area contributed by atoms with Crippen LogP contribution in [0.4, 0.5) is 10.1 Å². The van der Waals surface area contributed by atoms with E-state index in [0.29, 0.717) is 25.7 Å². The molecule has 0 spiro atoms. The molecule has 0 saturated heterocycles. The number of carboxylic acid groups (broad SMARTS) is 1. The normalized spacial score (nSPS) is 20.1. The van der Waals surface area contributed by atoms with Crippen LogP contribution in [0, 0.1) is 11.7 Å². The lowest BCUT2D eigenvalue weighted by Crippen LogP contribution is -2.39. The molecule has 1 aliphatic rings. The fourth-order valence-corrected chi connectivity index (χ4v) is 2.42. The second kappa shape index (κ2) is 7.68. The van der Waals surface area contributed by atoms with Crippen molar-refractivity contribution in [2.75, 3.05) is 5.32 Å². The summed E-state index contributed by atoms with van der Waals surface area (Å²) in [4.78, 5) is 36.9. The SMILES string of the molecule is NNC(=O)C(=O)Nc1cnc(OC2CCC(C(=O)O)CC2)c(F)c1. The van der Waals surface area contributed by atoms with Gasteiger partial charge in [0.25, 0.3) is 5.88 Å². The zero-order chi connectivity index (χ0) is 17.7. The Hall–Kier alpha value is -2.75. The third kappa shape index (κ3) is 4.38. The van der Waals surface area contributed by atoms with Crippen LogP contribution >= 0.6 is 0 Å². The van der Waals surface area contributed by atoms with Gasteiger partial charge in [-0.3, -0.25) is 19.8 Å². The zero-order valence-electron chi connectivity index (χ0n) is 12.6. The van der Waals surface area contributed by atoms with Gasteiger partial charge in [0.05, 0.1) is 17.8 Å². The van der Waals surface area contributed by atoms with Crippen molar-refractivity contribution in [2.24, 2.45) is 11.8 Å². The van der Waals surface area contributed by atoms with E-state index in [4.69, 9.17) is 15.7 Å². The number of hydrogen-bond acceptors (Lipinski definition) is 6. The number of rotatable bonds is 4. The standard InChI is InChI=1S/C14H17FN4O5/c15-10-5-8(18-11(20)12(21)19-16)6-17-13(10)24-9-3-1-7(2-4-9)14(22)23/h5-7,9H,1-4,16H2,(H,18,20)(H,19,21)(H,22,23). The molecule has 10 heteroatoms. The van der Waals surface area contributed by atoms with Gasteiger partial charge in [0.1, 0.15) is 6.10 Å². The molecular weight excluding hydrogens is 323 g/mol. The molecule has 0 aliphatic heterocycles. The molecule has 0 atom stereocenters. The Morgan fingerprint density at radius 1 is 1.25 bits per heavy atom. The number of carbonyl (C=O) groups is 3. The predicted octanol–water partition coefficient (Wildman–Crippen LogP) is 0.171. The summed E-state index contributed by atoms with van der Waals surface area (Å²) in [6.45, 7) is 0. The minimum Gasteiger partial charge on any atom is -0.481 e. The van der Waals surface area contributed by atoms with Gasteiger partial charge in [0, 0.05) is 6.07 Å². The summed E-state index contributed by atoms with van der Waals surface area (Å²) in [6.07, 6.45) is 2.74. The number of hydrogen-bond donors (Lipinski definition) is 4. The second-order valence-corrected chi connectivity index (χ2v) is 5.37. The Balaban J connectivity index is 1.94. The number of aromatic nitrogens is 1. The van der Waals surface area contributed by atoms with Crippen LogP contribution in [0.3, 0.4) is 0 Å². The molecule has 1 heterocycles. The van der Waals surface area contributed by atoms with Crippen molar-refractivity contribution in [2.45, 2.75) is 31.8 Å². The minimum atomic E-state index is -1.08. The minimum absolute atomic E-state index is 0.0250. The van der Waals surface area contributed by atoms with E-state index >= 15 is 0 Å². The van der Waals surface area contributed by atoms with E-state index in [2.05, 4.69) is 10.3 Å². The Labute approximate surface area is 136 Å². The van der Waals surface area contributed by atoms with E-state index in [-0.39, 0.29) is 17.7 Å². The molecule has 9 nitrogen and oxygen atoms in total. The largest absolute Gasteiger partial charge is 0.481 e. The molecule has 0 radical (unpaired) electrons. The summed E-state index contributed by atoms with van der Waals surface area (Å²) in [5.41, 5.74) is 1.62. The van der Waals surface area contributed by atoms with Crippen LogP contribution < -0.4 is 21.3 Å². The first kappa shape index (κ1) is 17.6. The quantitative estimate of drug-likeness (QED) is 0.265. The van der Waals surface area contributed by atoms with Crippen LogP contribution in [0.25, 0.3) is 0 Å². The Morgan fingerprint density at radius 3 is 2.46 bits per heavy atom. The van der Waals surface area contributed by atoms with Crippen molar-refractivity contribution in [3.05, 3.63) is 18.1 Å². The number of carboxylic acids is 1. The van der Waals surface area contributed by atoms with Gasteiger partial charge in [-0.15, -0.1) is 0 Å². The van der Waals surface area contributed by atoms with E-state index in [1.165, 1.54) is 0 Å². The highest BCUT2D eigenvalue weighted by molar-refractivity contribution is 6.39. The van der Waals surface area contributed by atoms with Crippen molar-refractivity contribution in [3.63, 3.8) is 0 Å². The molecule has 130 valence electrons. The number of nitrogens with one attached hydrogen (secondary N) is 2. The van der Waals surface area contributed by atoms with E-state index in [1.54, 1.807) is 5.43 Å². The molecule has 0 aromatic carbocycles. The maximum Gasteiger partial charge on any atom is 0.323 e. The summed E-state index contributed by atoms with van der Waals surface area (Å²) >= 11 is 0. The second-order valence-electron chi connectivity index (χ2n) is 5.37. The molecule has 1 aromatic heterocycles. The van der Waals surface area contributed by atoms with Gasteiger partial charge < -0.3 is 15.2 Å². The van der Waals surface area contributed by atoms with Gasteiger partial charge >= 0.3 is 17.8 Å². The molecule has 1 aromatic rings. The molecular formula is C14H17FN4O5. The summed E-state index contributed by atoms with van der Waals surface area (Å²) < 4.78 is 19.4. The summed E-state index contributed by atoms with van der Waals surface area (Å²) in [7, 11) is 0. The lowest BCUT2D eigenvalue weighted by atomic mass is 9.87. The number of amides is 2. The fourth-order valence-electron chi connectivity index (χ4n) is 2.42. The van der Waals surface area contributed by atoms with Crippen LogP contribution in [-0.4, -0.2) is 34.0 Å². The van der Waals surface area contributed by atoms with Crippen molar-refractivity contribution in [1.82, 2.24) is 10.4 Å². The summed E-state index contributed by atoms with van der Waals surface area (Å²) in [6, 6.07) is 0.965. The molecule has 2 rings (SSSR count). The van der Waals surface area contributed by atoms with Crippen LogP contribution in [0.1, 0.15) is 25.7 Å². The van der Waals surface area contributed by atoms with Gasteiger partial charge in [-0.1, -0.05) is 0 Å². The van der Waals surface area contributed by atoms with Crippen molar-refractivity contribution >= 4 is 23.5 Å². The molecule has 0 bridgehead atoms. The number of aliphatic carboxylic acids is 1. The van der Waals surface area contributed by atoms with E-state index in [0.717, 1.165) is 12.3 Å². The topological polar surface area (TPSA) is 144 Å². The predicted molar refractivity (Wildman–Crippen MR) is 79.2 cm³/mol. The van der Waals surface area contributed by atoms with Crippen molar-refractivity contribution in [3.8, 4) is 5.88 Å². The van der Waals surface area contributed by atoms with Crippen LogP contribution in [0.5, 0.6) is 5.88 Å². The number of ether oxygens (including phenoxy) is 1. The maximum absolute atomic E-state index is 14.0. The third-order valence-electron chi connectivity index (χ3n) is 3.70. The first-order chi connectivity index (χ1) is 11.4. The number of anilines is 1. The average molecular weight is 340 g/mol. The molecule has 5 N–H and O–H groups in total. The lowest BCUT2D eigenvalue weighted by Gasteiger charge is -2.26. The van der Waals surface area contributed by atoms with Crippen LogP contribution in [-0.2, 0) is 14.4 Å². The number of carbonyl (C=O) groups excluding carboxylic acids is 2. The monoisotopic (exact) mass is 340 g/mol.